The van der Waals surface area contributed by atoms with Crippen molar-refractivity contribution in [2.75, 3.05) is 11.3 Å². The fraction of sp³-hybridized carbons (Fsp3) is 0.308. The maximum Gasteiger partial charge on any atom is 0.264 e. The number of nitrogens with one attached hydrogen (secondary N) is 2. The van der Waals surface area contributed by atoms with Gasteiger partial charge < -0.3 is 5.32 Å². The van der Waals surface area contributed by atoms with Gasteiger partial charge in [-0.2, -0.15) is 0 Å². The van der Waals surface area contributed by atoms with Crippen LogP contribution in [0.5, 0.6) is 0 Å². The first-order valence-corrected chi connectivity index (χ1v) is 9.51. The minimum Gasteiger partial charge on any atom is -0.312 e. The molecule has 0 aliphatic carbocycles. The Bertz CT molecular complexity index is 712. The van der Waals surface area contributed by atoms with Gasteiger partial charge in [-0.05, 0) is 52.5 Å². The van der Waals surface area contributed by atoms with Gasteiger partial charge >= 0.3 is 0 Å². The Morgan fingerprint density at radius 3 is 2.76 bits per heavy atom. The number of thiophene rings is 1. The molecule has 2 N–H and O–H groups in total. The summed E-state index contributed by atoms with van der Waals surface area (Å²) in [5.74, 6) is 0.304. The average Bonchev–Trinajstić information content (AvgIpc) is 2.81. The highest BCUT2D eigenvalue weighted by Gasteiger charge is 2.23. The van der Waals surface area contributed by atoms with Crippen LogP contribution in [0.3, 0.4) is 0 Å². The summed E-state index contributed by atoms with van der Waals surface area (Å²) in [6.45, 7) is 5.12. The number of anilines is 1. The molecule has 0 aromatic carbocycles. The molecule has 0 amide bonds. The highest BCUT2D eigenvalue weighted by atomic mass is 79.9. The molecule has 2 aromatic rings. The van der Waals surface area contributed by atoms with Crippen LogP contribution in [0, 0.1) is 6.92 Å². The zero-order chi connectivity index (χ0) is 15.5. The van der Waals surface area contributed by atoms with E-state index in [0.717, 1.165) is 21.5 Å². The Hall–Kier alpha value is -0.960. The van der Waals surface area contributed by atoms with E-state index in [2.05, 4.69) is 31.0 Å². The predicted octanol–water partition coefficient (Wildman–Crippen LogP) is 3.12. The number of sulfonamides is 1. The van der Waals surface area contributed by atoms with E-state index >= 15 is 0 Å². The molecule has 5 nitrogen and oxygen atoms in total. The van der Waals surface area contributed by atoms with Gasteiger partial charge in [-0.3, -0.25) is 4.72 Å². The fourth-order valence-electron chi connectivity index (χ4n) is 1.83. The van der Waals surface area contributed by atoms with Crippen molar-refractivity contribution in [1.29, 1.82) is 0 Å². The summed E-state index contributed by atoms with van der Waals surface area (Å²) in [6, 6.07) is 3.36. The second kappa shape index (κ2) is 6.87. The Kier molecular flexibility index (Phi) is 5.37. The zero-order valence-electron chi connectivity index (χ0n) is 11.7. The van der Waals surface area contributed by atoms with Crippen LogP contribution in [0.15, 0.2) is 33.1 Å². The predicted molar refractivity (Wildman–Crippen MR) is 89.2 cm³/mol. The Balaban J connectivity index is 2.31. The number of pyridine rings is 1. The minimum atomic E-state index is -3.63. The molecule has 2 heterocycles. The van der Waals surface area contributed by atoms with Gasteiger partial charge in [0, 0.05) is 22.1 Å². The molecule has 0 bridgehead atoms. The van der Waals surface area contributed by atoms with E-state index in [1.807, 2.05) is 12.3 Å². The second-order valence-electron chi connectivity index (χ2n) is 4.42. The van der Waals surface area contributed by atoms with Crippen molar-refractivity contribution in [2.45, 2.75) is 25.3 Å². The molecule has 0 aliphatic rings. The first-order valence-electron chi connectivity index (χ1n) is 6.36. The van der Waals surface area contributed by atoms with Crippen LogP contribution in [0.4, 0.5) is 5.82 Å². The minimum absolute atomic E-state index is 0.304. The van der Waals surface area contributed by atoms with Crippen LogP contribution in [0.1, 0.15) is 17.4 Å². The van der Waals surface area contributed by atoms with Crippen molar-refractivity contribution >= 4 is 43.1 Å². The summed E-state index contributed by atoms with van der Waals surface area (Å²) in [5.41, 5.74) is 0.748. The third-order valence-corrected chi connectivity index (χ3v) is 6.05. The molecular weight excluding hydrogens is 374 g/mol. The average molecular weight is 390 g/mol. The second-order valence-corrected chi connectivity index (χ2v) is 7.92. The lowest BCUT2D eigenvalue weighted by molar-refractivity contribution is 0.598. The molecule has 0 radical (unpaired) electrons. The number of aromatic nitrogens is 1. The molecule has 8 heteroatoms. The monoisotopic (exact) mass is 389 g/mol. The van der Waals surface area contributed by atoms with Crippen LogP contribution >= 0.6 is 27.3 Å². The van der Waals surface area contributed by atoms with Gasteiger partial charge in [-0.1, -0.05) is 6.92 Å². The van der Waals surface area contributed by atoms with Crippen LogP contribution in [0.2, 0.25) is 0 Å². The van der Waals surface area contributed by atoms with Gasteiger partial charge in [0.2, 0.25) is 0 Å². The number of hydrogen-bond acceptors (Lipinski definition) is 5. The molecule has 114 valence electrons. The fourth-order valence-corrected chi connectivity index (χ4v) is 4.86. The summed E-state index contributed by atoms with van der Waals surface area (Å²) in [6.07, 6.45) is 1.55. The molecule has 0 saturated heterocycles. The zero-order valence-corrected chi connectivity index (χ0v) is 14.9. The highest BCUT2D eigenvalue weighted by Crippen LogP contribution is 2.28. The summed E-state index contributed by atoms with van der Waals surface area (Å²) in [4.78, 5) is 5.20. The quantitative estimate of drug-likeness (QED) is 0.795. The maximum absolute atomic E-state index is 12.6. The first-order chi connectivity index (χ1) is 9.94. The number of rotatable bonds is 6. The Morgan fingerprint density at radius 2 is 2.14 bits per heavy atom. The largest absolute Gasteiger partial charge is 0.312 e. The molecule has 2 aromatic heterocycles. The molecule has 0 aliphatic heterocycles. The number of aryl methyl sites for hydroxylation is 1. The van der Waals surface area contributed by atoms with Gasteiger partial charge in [0.25, 0.3) is 10.0 Å². The molecule has 21 heavy (non-hydrogen) atoms. The van der Waals surface area contributed by atoms with Crippen molar-refractivity contribution in [3.63, 3.8) is 0 Å². The lowest BCUT2D eigenvalue weighted by atomic mass is 10.3. The van der Waals surface area contributed by atoms with Crippen molar-refractivity contribution in [3.05, 3.63) is 38.6 Å². The Morgan fingerprint density at radius 1 is 1.38 bits per heavy atom. The molecule has 0 unspecified atom stereocenters. The van der Waals surface area contributed by atoms with Crippen molar-refractivity contribution in [3.8, 4) is 0 Å². The number of halogens is 1. The van der Waals surface area contributed by atoms with Crippen LogP contribution in [-0.2, 0) is 16.6 Å². The van der Waals surface area contributed by atoms with Gasteiger partial charge in [0.05, 0.1) is 0 Å². The Labute approximate surface area is 137 Å². The van der Waals surface area contributed by atoms with E-state index < -0.39 is 10.0 Å². The normalized spacial score (nSPS) is 11.6. The SMILES string of the molecule is CCNCc1scc(C)c1S(=O)(=O)Nc1ccc(Br)cn1. The molecular formula is C13H16BrN3O2S2. The summed E-state index contributed by atoms with van der Waals surface area (Å²) >= 11 is 4.72. The van der Waals surface area contributed by atoms with Gasteiger partial charge in [-0.15, -0.1) is 11.3 Å². The molecule has 2 rings (SSSR count). The van der Waals surface area contributed by atoms with Gasteiger partial charge in [0.1, 0.15) is 10.7 Å². The van der Waals surface area contributed by atoms with E-state index in [1.54, 1.807) is 25.3 Å². The maximum atomic E-state index is 12.6. The third-order valence-electron chi connectivity index (χ3n) is 2.76. The topological polar surface area (TPSA) is 71.1 Å². The number of hydrogen-bond donors (Lipinski definition) is 2. The van der Waals surface area contributed by atoms with E-state index in [-0.39, 0.29) is 0 Å². The molecule has 0 saturated carbocycles. The first kappa shape index (κ1) is 16.4. The summed E-state index contributed by atoms with van der Waals surface area (Å²) in [5, 5.41) is 5.02. The van der Waals surface area contributed by atoms with Crippen LogP contribution in [-0.4, -0.2) is 19.9 Å². The number of nitrogens with zero attached hydrogens (tertiary/aromatic N) is 1. The summed E-state index contributed by atoms with van der Waals surface area (Å²) < 4.78 is 28.5. The molecule has 0 atom stereocenters. The van der Waals surface area contributed by atoms with Crippen LogP contribution < -0.4 is 10.0 Å². The van der Waals surface area contributed by atoms with Gasteiger partial charge in [-0.25, -0.2) is 13.4 Å². The molecule has 0 spiro atoms. The van der Waals surface area contributed by atoms with Crippen molar-refractivity contribution in [1.82, 2.24) is 10.3 Å². The lowest BCUT2D eigenvalue weighted by Crippen LogP contribution is -2.18. The van der Waals surface area contributed by atoms with Crippen molar-refractivity contribution in [2.24, 2.45) is 0 Å². The highest BCUT2D eigenvalue weighted by molar-refractivity contribution is 9.10. The van der Waals surface area contributed by atoms with E-state index in [1.165, 1.54) is 11.3 Å². The lowest BCUT2D eigenvalue weighted by Gasteiger charge is -2.10. The third kappa shape index (κ3) is 4.03. The standard InChI is InChI=1S/C13H16BrN3O2S2/c1-3-15-7-11-13(9(2)8-20-11)21(18,19)17-12-5-4-10(14)6-16-12/h4-6,8,15H,3,7H2,1-2H3,(H,16,17). The van der Waals surface area contributed by atoms with E-state index in [9.17, 15) is 8.42 Å². The van der Waals surface area contributed by atoms with Crippen molar-refractivity contribution < 1.29 is 8.42 Å². The van der Waals surface area contributed by atoms with E-state index in [0.29, 0.717) is 17.3 Å². The van der Waals surface area contributed by atoms with Crippen LogP contribution in [0.25, 0.3) is 0 Å². The van der Waals surface area contributed by atoms with E-state index in [4.69, 9.17) is 0 Å². The smallest absolute Gasteiger partial charge is 0.264 e. The molecule has 0 fully saturated rings. The summed E-state index contributed by atoms with van der Waals surface area (Å²) in [7, 11) is -3.63. The van der Waals surface area contributed by atoms with Gasteiger partial charge in [0.15, 0.2) is 0 Å².